The number of anilines is 1. The molecule has 0 saturated heterocycles. The Hall–Kier alpha value is -3.72. The average molecular weight is 295 g/mol. The SMILES string of the molecule is Cc1cc(C#N)cc(C(=O)O)c1NC=C(C#N)c1nn[nH]n1. The number of tetrazole rings is 1. The Kier molecular flexibility index (Phi) is 4.11. The van der Waals surface area contributed by atoms with Crippen LogP contribution in [-0.2, 0) is 0 Å². The number of hydrogen-bond donors (Lipinski definition) is 3. The van der Waals surface area contributed by atoms with E-state index in [1.54, 1.807) is 13.0 Å². The number of aromatic amines is 1. The predicted octanol–water partition coefficient (Wildman–Crippen LogP) is 1.05. The number of aromatic carboxylic acids is 1. The molecule has 1 heterocycles. The van der Waals surface area contributed by atoms with Crippen LogP contribution in [0.25, 0.3) is 5.57 Å². The molecule has 1 aromatic carbocycles. The number of carboxylic acids is 1. The van der Waals surface area contributed by atoms with Gasteiger partial charge in [-0.1, -0.05) is 0 Å². The molecular formula is C13H9N7O2. The lowest BCUT2D eigenvalue weighted by Gasteiger charge is -2.10. The first-order valence-corrected chi connectivity index (χ1v) is 5.95. The van der Waals surface area contributed by atoms with Gasteiger partial charge in [0.2, 0.25) is 5.82 Å². The molecule has 9 heteroatoms. The van der Waals surface area contributed by atoms with Crippen LogP contribution in [0, 0.1) is 29.6 Å². The molecule has 0 bridgehead atoms. The Morgan fingerprint density at radius 2 is 2.23 bits per heavy atom. The van der Waals surface area contributed by atoms with Gasteiger partial charge in [0.25, 0.3) is 0 Å². The third kappa shape index (κ3) is 2.89. The lowest BCUT2D eigenvalue weighted by atomic mass is 10.0. The van der Waals surface area contributed by atoms with E-state index in [1.807, 2.05) is 12.1 Å². The van der Waals surface area contributed by atoms with Crippen LogP contribution < -0.4 is 5.32 Å². The van der Waals surface area contributed by atoms with Gasteiger partial charge in [0.15, 0.2) is 0 Å². The molecule has 0 aliphatic carbocycles. The van der Waals surface area contributed by atoms with Crippen LogP contribution in [-0.4, -0.2) is 31.7 Å². The molecule has 1 aromatic heterocycles. The molecule has 0 aliphatic heterocycles. The number of nitriles is 2. The van der Waals surface area contributed by atoms with Gasteiger partial charge in [-0.3, -0.25) is 0 Å². The Labute approximate surface area is 124 Å². The third-order valence-corrected chi connectivity index (χ3v) is 2.76. The smallest absolute Gasteiger partial charge is 0.337 e. The highest BCUT2D eigenvalue weighted by Gasteiger charge is 2.14. The van der Waals surface area contributed by atoms with E-state index in [0.29, 0.717) is 5.56 Å². The molecule has 2 rings (SSSR count). The van der Waals surface area contributed by atoms with Gasteiger partial charge >= 0.3 is 5.97 Å². The first-order valence-electron chi connectivity index (χ1n) is 5.95. The normalized spacial score (nSPS) is 10.6. The Bertz CT molecular complexity index is 825. The van der Waals surface area contributed by atoms with Crippen LogP contribution >= 0.6 is 0 Å². The zero-order valence-electron chi connectivity index (χ0n) is 11.3. The fraction of sp³-hybridized carbons (Fsp3) is 0.0769. The molecule has 0 spiro atoms. The second-order valence-electron chi connectivity index (χ2n) is 4.18. The summed E-state index contributed by atoms with van der Waals surface area (Å²) in [6.07, 6.45) is 1.28. The zero-order valence-corrected chi connectivity index (χ0v) is 11.3. The van der Waals surface area contributed by atoms with Gasteiger partial charge in [-0.25, -0.2) is 4.79 Å². The first kappa shape index (κ1) is 14.7. The molecular weight excluding hydrogens is 286 g/mol. The van der Waals surface area contributed by atoms with Gasteiger partial charge in [0.05, 0.1) is 22.9 Å². The second kappa shape index (κ2) is 6.15. The number of aromatic nitrogens is 4. The summed E-state index contributed by atoms with van der Waals surface area (Å²) in [6, 6.07) is 6.58. The van der Waals surface area contributed by atoms with Gasteiger partial charge in [-0.15, -0.1) is 10.2 Å². The number of carboxylic acid groups (broad SMARTS) is 1. The van der Waals surface area contributed by atoms with Crippen molar-refractivity contribution in [3.8, 4) is 12.1 Å². The van der Waals surface area contributed by atoms with Crippen LogP contribution in [0.5, 0.6) is 0 Å². The minimum Gasteiger partial charge on any atom is -0.478 e. The maximum Gasteiger partial charge on any atom is 0.337 e. The molecule has 0 unspecified atom stereocenters. The molecule has 3 N–H and O–H groups in total. The van der Waals surface area contributed by atoms with E-state index in [4.69, 9.17) is 10.5 Å². The fourth-order valence-electron chi connectivity index (χ4n) is 1.78. The molecule has 2 aromatic rings. The van der Waals surface area contributed by atoms with Gasteiger partial charge in [-0.2, -0.15) is 15.7 Å². The van der Waals surface area contributed by atoms with E-state index in [0.717, 1.165) is 0 Å². The summed E-state index contributed by atoms with van der Waals surface area (Å²) < 4.78 is 0. The van der Waals surface area contributed by atoms with Crippen LogP contribution in [0.2, 0.25) is 0 Å². The Balaban J connectivity index is 2.44. The zero-order chi connectivity index (χ0) is 16.1. The topological polar surface area (TPSA) is 151 Å². The van der Waals surface area contributed by atoms with Crippen molar-refractivity contribution >= 4 is 17.2 Å². The summed E-state index contributed by atoms with van der Waals surface area (Å²) in [6.45, 7) is 1.66. The molecule has 0 radical (unpaired) electrons. The predicted molar refractivity (Wildman–Crippen MR) is 74.2 cm³/mol. The average Bonchev–Trinajstić information content (AvgIpc) is 3.02. The van der Waals surface area contributed by atoms with Gasteiger partial charge in [-0.05, 0) is 29.8 Å². The van der Waals surface area contributed by atoms with Crippen molar-refractivity contribution in [3.05, 3.63) is 40.8 Å². The highest BCUT2D eigenvalue weighted by molar-refractivity contribution is 5.96. The van der Waals surface area contributed by atoms with E-state index in [-0.39, 0.29) is 28.2 Å². The summed E-state index contributed by atoms with van der Waals surface area (Å²) >= 11 is 0. The highest BCUT2D eigenvalue weighted by Crippen LogP contribution is 2.23. The van der Waals surface area contributed by atoms with E-state index in [9.17, 15) is 9.90 Å². The summed E-state index contributed by atoms with van der Waals surface area (Å²) in [4.78, 5) is 11.3. The molecule has 0 aliphatic rings. The van der Waals surface area contributed by atoms with Crippen molar-refractivity contribution in [1.82, 2.24) is 20.6 Å². The highest BCUT2D eigenvalue weighted by atomic mass is 16.4. The lowest BCUT2D eigenvalue weighted by Crippen LogP contribution is -2.05. The van der Waals surface area contributed by atoms with E-state index >= 15 is 0 Å². The molecule has 0 atom stereocenters. The Morgan fingerprint density at radius 1 is 1.45 bits per heavy atom. The lowest BCUT2D eigenvalue weighted by molar-refractivity contribution is 0.0698. The van der Waals surface area contributed by atoms with Crippen molar-refractivity contribution in [1.29, 1.82) is 10.5 Å². The van der Waals surface area contributed by atoms with E-state index < -0.39 is 5.97 Å². The van der Waals surface area contributed by atoms with Gasteiger partial charge in [0, 0.05) is 6.20 Å². The number of benzene rings is 1. The second-order valence-corrected chi connectivity index (χ2v) is 4.18. The molecule has 0 saturated carbocycles. The minimum atomic E-state index is -1.19. The maximum atomic E-state index is 11.3. The minimum absolute atomic E-state index is 0.0711. The number of aryl methyl sites for hydroxylation is 1. The van der Waals surface area contributed by atoms with Crippen LogP contribution in [0.3, 0.4) is 0 Å². The molecule has 9 nitrogen and oxygen atoms in total. The number of hydrogen-bond acceptors (Lipinski definition) is 7. The largest absolute Gasteiger partial charge is 0.478 e. The maximum absolute atomic E-state index is 11.3. The summed E-state index contributed by atoms with van der Waals surface area (Å²) in [5.74, 6) is -1.10. The van der Waals surface area contributed by atoms with Crippen molar-refractivity contribution < 1.29 is 9.90 Å². The van der Waals surface area contributed by atoms with Crippen molar-refractivity contribution in [2.24, 2.45) is 0 Å². The summed E-state index contributed by atoms with van der Waals surface area (Å²) in [5.41, 5.74) is 1.08. The standard InChI is InChI=1S/C13H9N7O2/c1-7-2-8(4-14)3-10(13(21)22)11(7)16-6-9(5-15)12-17-19-20-18-12/h2-3,6,16H,1H3,(H,21,22)(H,17,18,19,20). The van der Waals surface area contributed by atoms with E-state index in [1.165, 1.54) is 12.3 Å². The van der Waals surface area contributed by atoms with Crippen molar-refractivity contribution in [2.75, 3.05) is 5.32 Å². The molecule has 0 amide bonds. The van der Waals surface area contributed by atoms with Crippen LogP contribution in [0.1, 0.15) is 27.3 Å². The Morgan fingerprint density at radius 3 is 2.77 bits per heavy atom. The van der Waals surface area contributed by atoms with E-state index in [2.05, 4.69) is 25.9 Å². The number of rotatable bonds is 4. The quantitative estimate of drug-likeness (QED) is 0.708. The molecule has 0 fully saturated rings. The third-order valence-electron chi connectivity index (χ3n) is 2.76. The van der Waals surface area contributed by atoms with Gasteiger partial charge in [0.1, 0.15) is 11.6 Å². The van der Waals surface area contributed by atoms with Crippen molar-refractivity contribution in [3.63, 3.8) is 0 Å². The summed E-state index contributed by atoms with van der Waals surface area (Å²) in [7, 11) is 0. The fourth-order valence-corrected chi connectivity index (χ4v) is 1.78. The molecule has 22 heavy (non-hydrogen) atoms. The monoisotopic (exact) mass is 295 g/mol. The number of allylic oxidation sites excluding steroid dienone is 1. The molecule has 108 valence electrons. The number of carbonyl (C=O) groups is 1. The van der Waals surface area contributed by atoms with Crippen LogP contribution in [0.15, 0.2) is 18.3 Å². The van der Waals surface area contributed by atoms with Crippen LogP contribution in [0.4, 0.5) is 5.69 Å². The first-order chi connectivity index (χ1) is 10.6. The number of H-pyrrole nitrogens is 1. The van der Waals surface area contributed by atoms with Gasteiger partial charge < -0.3 is 10.4 Å². The van der Waals surface area contributed by atoms with Crippen molar-refractivity contribution in [2.45, 2.75) is 6.92 Å². The number of nitrogens with one attached hydrogen (secondary N) is 2. The number of nitrogens with zero attached hydrogens (tertiary/aromatic N) is 5. The summed E-state index contributed by atoms with van der Waals surface area (Å²) in [5, 5.41) is 42.9.